The molecular formula is C12H13F3N2. The number of hydrogen-bond acceptors (Lipinski definition) is 2. The molecule has 2 unspecified atom stereocenters. The second-order valence-corrected chi connectivity index (χ2v) is 3.76. The lowest BCUT2D eigenvalue weighted by Crippen LogP contribution is -2.33. The van der Waals surface area contributed by atoms with Crippen molar-refractivity contribution >= 4 is 0 Å². The van der Waals surface area contributed by atoms with Crippen LogP contribution in [0.15, 0.2) is 30.3 Å². The summed E-state index contributed by atoms with van der Waals surface area (Å²) < 4.78 is 36.9. The third-order valence-corrected chi connectivity index (χ3v) is 2.48. The van der Waals surface area contributed by atoms with Gasteiger partial charge in [0.05, 0.1) is 6.07 Å². The van der Waals surface area contributed by atoms with E-state index in [-0.39, 0.29) is 6.04 Å². The minimum atomic E-state index is -4.47. The first-order valence-electron chi connectivity index (χ1n) is 5.20. The lowest BCUT2D eigenvalue weighted by Gasteiger charge is -2.18. The number of hydrogen-bond donors (Lipinski definition) is 1. The van der Waals surface area contributed by atoms with Crippen LogP contribution < -0.4 is 5.32 Å². The van der Waals surface area contributed by atoms with E-state index in [0.717, 1.165) is 5.56 Å². The Labute approximate surface area is 98.1 Å². The zero-order valence-electron chi connectivity index (χ0n) is 9.33. The Balaban J connectivity index is 2.54. The van der Waals surface area contributed by atoms with E-state index in [2.05, 4.69) is 5.32 Å². The number of rotatable bonds is 4. The van der Waals surface area contributed by atoms with Crippen LogP contribution in [0, 0.1) is 17.2 Å². The molecule has 0 fully saturated rings. The summed E-state index contributed by atoms with van der Waals surface area (Å²) in [5, 5.41) is 11.1. The summed E-state index contributed by atoms with van der Waals surface area (Å²) in [5.74, 6) is -1.96. The SMILES string of the molecule is CC(NCC(C#N)C(F)(F)F)c1ccccc1. The minimum Gasteiger partial charge on any atom is -0.309 e. The van der Waals surface area contributed by atoms with Crippen molar-refractivity contribution in [3.8, 4) is 6.07 Å². The highest BCUT2D eigenvalue weighted by Crippen LogP contribution is 2.25. The van der Waals surface area contributed by atoms with E-state index in [1.165, 1.54) is 6.07 Å². The van der Waals surface area contributed by atoms with Crippen LogP contribution in [0.5, 0.6) is 0 Å². The molecule has 0 aromatic heterocycles. The molecule has 1 aromatic carbocycles. The second-order valence-electron chi connectivity index (χ2n) is 3.76. The number of benzene rings is 1. The van der Waals surface area contributed by atoms with Crippen molar-refractivity contribution in [2.75, 3.05) is 6.54 Å². The number of alkyl halides is 3. The maximum atomic E-state index is 12.3. The van der Waals surface area contributed by atoms with Crippen molar-refractivity contribution in [3.05, 3.63) is 35.9 Å². The maximum Gasteiger partial charge on any atom is 0.405 e. The molecule has 17 heavy (non-hydrogen) atoms. The zero-order valence-corrected chi connectivity index (χ0v) is 9.33. The van der Waals surface area contributed by atoms with Crippen LogP contribution in [0.1, 0.15) is 18.5 Å². The van der Waals surface area contributed by atoms with E-state index < -0.39 is 18.6 Å². The Morgan fingerprint density at radius 1 is 1.29 bits per heavy atom. The van der Waals surface area contributed by atoms with Crippen LogP contribution >= 0.6 is 0 Å². The quantitative estimate of drug-likeness (QED) is 0.880. The first kappa shape index (κ1) is 13.5. The fourth-order valence-electron chi connectivity index (χ4n) is 1.39. The molecule has 1 rings (SSSR count). The molecular weight excluding hydrogens is 229 g/mol. The average molecular weight is 242 g/mol. The molecule has 0 amide bonds. The lowest BCUT2D eigenvalue weighted by atomic mass is 10.1. The molecule has 92 valence electrons. The molecule has 1 N–H and O–H groups in total. The third kappa shape index (κ3) is 4.08. The molecule has 2 nitrogen and oxygen atoms in total. The molecule has 0 spiro atoms. The van der Waals surface area contributed by atoms with Crippen molar-refractivity contribution in [2.45, 2.75) is 19.1 Å². The van der Waals surface area contributed by atoms with Crippen LogP contribution in [0.25, 0.3) is 0 Å². The van der Waals surface area contributed by atoms with Crippen molar-refractivity contribution in [2.24, 2.45) is 5.92 Å². The number of nitrogens with zero attached hydrogens (tertiary/aromatic N) is 1. The van der Waals surface area contributed by atoms with Crippen molar-refractivity contribution in [3.63, 3.8) is 0 Å². The van der Waals surface area contributed by atoms with Crippen LogP contribution in [-0.4, -0.2) is 12.7 Å². The normalized spacial score (nSPS) is 15.0. The molecule has 0 aliphatic heterocycles. The zero-order chi connectivity index (χ0) is 12.9. The van der Waals surface area contributed by atoms with E-state index in [4.69, 9.17) is 5.26 Å². The Morgan fingerprint density at radius 3 is 2.35 bits per heavy atom. The average Bonchev–Trinajstić information content (AvgIpc) is 2.29. The maximum absolute atomic E-state index is 12.3. The molecule has 5 heteroatoms. The Hall–Kier alpha value is -1.54. The monoisotopic (exact) mass is 242 g/mol. The van der Waals surface area contributed by atoms with E-state index in [1.807, 2.05) is 30.3 Å². The summed E-state index contributed by atoms with van der Waals surface area (Å²) in [6, 6.07) is 10.2. The Morgan fingerprint density at radius 2 is 1.88 bits per heavy atom. The van der Waals surface area contributed by atoms with Gasteiger partial charge in [0.1, 0.15) is 0 Å². The van der Waals surface area contributed by atoms with Gasteiger partial charge in [0.15, 0.2) is 5.92 Å². The highest BCUT2D eigenvalue weighted by Gasteiger charge is 2.39. The molecule has 0 aliphatic carbocycles. The van der Waals surface area contributed by atoms with Crippen LogP contribution in [0.3, 0.4) is 0 Å². The molecule has 0 aliphatic rings. The van der Waals surface area contributed by atoms with Gasteiger partial charge in [0.25, 0.3) is 0 Å². The molecule has 0 saturated carbocycles. The summed E-state index contributed by atoms with van der Waals surface area (Å²) in [4.78, 5) is 0. The van der Waals surface area contributed by atoms with Gasteiger partial charge in [-0.3, -0.25) is 0 Å². The highest BCUT2D eigenvalue weighted by atomic mass is 19.4. The Kier molecular flexibility index (Phi) is 4.53. The minimum absolute atomic E-state index is 0.214. The predicted octanol–water partition coefficient (Wildman–Crippen LogP) is 3.04. The van der Waals surface area contributed by atoms with Gasteiger partial charge in [0.2, 0.25) is 0 Å². The van der Waals surface area contributed by atoms with Crippen LogP contribution in [-0.2, 0) is 0 Å². The number of nitrogens with one attached hydrogen (secondary N) is 1. The smallest absolute Gasteiger partial charge is 0.309 e. The van der Waals surface area contributed by atoms with Gasteiger partial charge in [-0.25, -0.2) is 0 Å². The fourth-order valence-corrected chi connectivity index (χ4v) is 1.39. The van der Waals surface area contributed by atoms with Crippen LogP contribution in [0.4, 0.5) is 13.2 Å². The van der Waals surface area contributed by atoms with E-state index >= 15 is 0 Å². The third-order valence-electron chi connectivity index (χ3n) is 2.48. The standard InChI is InChI=1S/C12H13F3N2/c1-9(10-5-3-2-4-6-10)17-8-11(7-16)12(13,14)15/h2-6,9,11,17H,8H2,1H3. The number of nitriles is 1. The summed E-state index contributed by atoms with van der Waals surface area (Å²) in [7, 11) is 0. The largest absolute Gasteiger partial charge is 0.405 e. The fraction of sp³-hybridized carbons (Fsp3) is 0.417. The lowest BCUT2D eigenvalue weighted by molar-refractivity contribution is -0.157. The molecule has 0 bridgehead atoms. The van der Waals surface area contributed by atoms with E-state index in [9.17, 15) is 13.2 Å². The summed E-state index contributed by atoms with van der Waals surface area (Å²) in [5.41, 5.74) is 0.895. The van der Waals surface area contributed by atoms with Gasteiger partial charge in [-0.05, 0) is 12.5 Å². The predicted molar refractivity (Wildman–Crippen MR) is 58.0 cm³/mol. The van der Waals surface area contributed by atoms with Gasteiger partial charge < -0.3 is 5.32 Å². The van der Waals surface area contributed by atoms with Crippen molar-refractivity contribution in [1.82, 2.24) is 5.32 Å². The topological polar surface area (TPSA) is 35.8 Å². The first-order valence-corrected chi connectivity index (χ1v) is 5.20. The second kappa shape index (κ2) is 5.69. The molecule has 2 atom stereocenters. The van der Waals surface area contributed by atoms with Gasteiger partial charge >= 0.3 is 6.18 Å². The molecule has 1 aromatic rings. The van der Waals surface area contributed by atoms with E-state index in [0.29, 0.717) is 0 Å². The summed E-state index contributed by atoms with van der Waals surface area (Å²) in [6.07, 6.45) is -4.47. The van der Waals surface area contributed by atoms with Gasteiger partial charge in [0, 0.05) is 12.6 Å². The molecule has 0 radical (unpaired) electrons. The van der Waals surface area contributed by atoms with Crippen molar-refractivity contribution < 1.29 is 13.2 Å². The summed E-state index contributed by atoms with van der Waals surface area (Å²) >= 11 is 0. The van der Waals surface area contributed by atoms with Gasteiger partial charge in [-0.1, -0.05) is 30.3 Å². The first-order chi connectivity index (χ1) is 7.95. The van der Waals surface area contributed by atoms with Gasteiger partial charge in [-0.2, -0.15) is 18.4 Å². The summed E-state index contributed by atoms with van der Waals surface area (Å²) in [6.45, 7) is 1.37. The van der Waals surface area contributed by atoms with Crippen LogP contribution in [0.2, 0.25) is 0 Å². The molecule has 0 saturated heterocycles. The Bertz CT molecular complexity index is 381. The van der Waals surface area contributed by atoms with Gasteiger partial charge in [-0.15, -0.1) is 0 Å². The van der Waals surface area contributed by atoms with E-state index in [1.54, 1.807) is 6.92 Å². The highest BCUT2D eigenvalue weighted by molar-refractivity contribution is 5.18. The number of halogens is 3. The van der Waals surface area contributed by atoms with Crippen molar-refractivity contribution in [1.29, 1.82) is 5.26 Å². The molecule has 0 heterocycles.